The molecule has 0 aliphatic carbocycles. The Labute approximate surface area is 152 Å². The Hall–Kier alpha value is -2.06. The summed E-state index contributed by atoms with van der Waals surface area (Å²) in [5.74, 6) is 4.27. The second-order valence-corrected chi connectivity index (χ2v) is 7.90. The number of piperidine rings is 1. The number of amides is 4. The van der Waals surface area contributed by atoms with Crippen LogP contribution in [0.3, 0.4) is 0 Å². The molecule has 11 nitrogen and oxygen atoms in total. The van der Waals surface area contributed by atoms with E-state index in [9.17, 15) is 22.8 Å². The zero-order valence-corrected chi connectivity index (χ0v) is 15.0. The highest BCUT2D eigenvalue weighted by atomic mass is 32.3. The van der Waals surface area contributed by atoms with Crippen molar-refractivity contribution in [2.45, 2.75) is 31.3 Å². The molecule has 0 spiro atoms. The van der Waals surface area contributed by atoms with Crippen molar-refractivity contribution in [3.05, 3.63) is 22.4 Å². The number of hydrogen-bond acceptors (Lipinski definition) is 8. The van der Waals surface area contributed by atoms with Crippen LogP contribution in [-0.4, -0.2) is 64.4 Å². The lowest BCUT2D eigenvalue weighted by Gasteiger charge is -2.31. The van der Waals surface area contributed by atoms with Crippen molar-refractivity contribution < 1.29 is 31.6 Å². The molecule has 26 heavy (non-hydrogen) atoms. The summed E-state index contributed by atoms with van der Waals surface area (Å²) in [4.78, 5) is 38.8. The van der Waals surface area contributed by atoms with E-state index in [1.807, 2.05) is 0 Å². The van der Waals surface area contributed by atoms with E-state index in [2.05, 4.69) is 4.28 Å². The standard InChI is InChI=1S/C13H16N4O7S2/c14-16(11(18)6-9-2-1-5-25-9)12(19)10-4-3-8-7-15(10)13(20)17(8)24-26(21,22)23/h1-2,5,8,10H,3-4,6-7,14H2,(H,21,22,23)/t8-,10+/m1/s1. The first-order valence-corrected chi connectivity index (χ1v) is 9.82. The average Bonchev–Trinajstić information content (AvgIpc) is 3.16. The fourth-order valence-corrected chi connectivity index (χ4v) is 4.10. The lowest BCUT2D eigenvalue weighted by molar-refractivity contribution is -0.148. The van der Waals surface area contributed by atoms with Crippen LogP contribution in [-0.2, 0) is 30.7 Å². The number of hydrazine groups is 1. The lowest BCUT2D eigenvalue weighted by atomic mass is 10.00. The third-order valence-corrected chi connectivity index (χ3v) is 5.42. The number of nitrogens with zero attached hydrogens (tertiary/aromatic N) is 3. The second kappa shape index (κ2) is 6.92. The molecule has 1 aromatic heterocycles. The van der Waals surface area contributed by atoms with Crippen molar-refractivity contribution in [2.75, 3.05) is 6.54 Å². The molecular formula is C13H16N4O7S2. The van der Waals surface area contributed by atoms with Crippen molar-refractivity contribution in [1.82, 2.24) is 15.0 Å². The molecule has 2 atom stereocenters. The van der Waals surface area contributed by atoms with Gasteiger partial charge in [0.2, 0.25) is 5.91 Å². The molecule has 3 N–H and O–H groups in total. The Bertz CT molecular complexity index is 826. The summed E-state index contributed by atoms with van der Waals surface area (Å²) in [6, 6.07) is 0.986. The Morgan fingerprint density at radius 2 is 2.15 bits per heavy atom. The molecule has 0 aromatic carbocycles. The van der Waals surface area contributed by atoms with Crippen LogP contribution in [0.25, 0.3) is 0 Å². The lowest BCUT2D eigenvalue weighted by Crippen LogP contribution is -2.55. The highest BCUT2D eigenvalue weighted by molar-refractivity contribution is 7.80. The largest absolute Gasteiger partial charge is 0.418 e. The Kier molecular flexibility index (Phi) is 4.98. The summed E-state index contributed by atoms with van der Waals surface area (Å²) in [5, 5.41) is 2.81. The van der Waals surface area contributed by atoms with E-state index in [1.165, 1.54) is 11.3 Å². The average molecular weight is 404 g/mol. The van der Waals surface area contributed by atoms with Gasteiger partial charge in [0.05, 0.1) is 12.5 Å². The summed E-state index contributed by atoms with van der Waals surface area (Å²) in [6.07, 6.45) is 0.392. The number of hydroxylamine groups is 2. The van der Waals surface area contributed by atoms with E-state index >= 15 is 0 Å². The number of fused-ring (bicyclic) bond motifs is 2. The predicted octanol–water partition coefficient (Wildman–Crippen LogP) is -0.477. The van der Waals surface area contributed by atoms with Gasteiger partial charge in [0.1, 0.15) is 6.04 Å². The van der Waals surface area contributed by atoms with Crippen molar-refractivity contribution in [3.8, 4) is 0 Å². The molecule has 3 heterocycles. The number of imide groups is 1. The SMILES string of the molecule is NN(C(=O)Cc1cccs1)C(=O)[C@@H]1CC[C@@H]2CN1C(=O)N2OS(=O)(=O)O. The molecule has 1 aromatic rings. The third-order valence-electron chi connectivity index (χ3n) is 4.19. The molecule has 3 rings (SSSR count). The highest BCUT2D eigenvalue weighted by Gasteiger charge is 2.50. The van der Waals surface area contributed by atoms with Gasteiger partial charge in [-0.2, -0.15) is 13.5 Å². The monoisotopic (exact) mass is 404 g/mol. The molecule has 2 saturated heterocycles. The fraction of sp³-hybridized carbons (Fsp3) is 0.462. The van der Waals surface area contributed by atoms with E-state index in [0.717, 1.165) is 9.78 Å². The molecule has 2 fully saturated rings. The number of thiophene rings is 1. The van der Waals surface area contributed by atoms with E-state index in [-0.39, 0.29) is 25.8 Å². The van der Waals surface area contributed by atoms with Crippen LogP contribution in [0.1, 0.15) is 17.7 Å². The quantitative estimate of drug-likeness (QED) is 0.289. The van der Waals surface area contributed by atoms with Gasteiger partial charge in [0, 0.05) is 11.4 Å². The first-order valence-electron chi connectivity index (χ1n) is 7.58. The summed E-state index contributed by atoms with van der Waals surface area (Å²) in [7, 11) is -4.87. The van der Waals surface area contributed by atoms with Crippen LogP contribution < -0.4 is 5.84 Å². The maximum atomic E-state index is 12.6. The number of urea groups is 1. The molecule has 0 saturated carbocycles. The van der Waals surface area contributed by atoms with E-state index in [0.29, 0.717) is 10.1 Å². The fourth-order valence-electron chi connectivity index (χ4n) is 3.02. The van der Waals surface area contributed by atoms with Crippen molar-refractivity contribution in [2.24, 2.45) is 5.84 Å². The molecule has 2 aliphatic rings. The maximum Gasteiger partial charge on any atom is 0.418 e. The minimum Gasteiger partial charge on any atom is -0.309 e. The predicted molar refractivity (Wildman–Crippen MR) is 87.4 cm³/mol. The third kappa shape index (κ3) is 3.71. The Morgan fingerprint density at radius 3 is 2.77 bits per heavy atom. The zero-order valence-electron chi connectivity index (χ0n) is 13.3. The van der Waals surface area contributed by atoms with E-state index < -0.39 is 40.3 Å². The van der Waals surface area contributed by atoms with Crippen LogP contribution in [0.2, 0.25) is 0 Å². The summed E-state index contributed by atoms with van der Waals surface area (Å²) in [6.45, 7) is 0.0255. The number of carbonyl (C=O) groups excluding carboxylic acids is 3. The summed E-state index contributed by atoms with van der Waals surface area (Å²) in [5.41, 5.74) is 0. The second-order valence-electron chi connectivity index (χ2n) is 5.87. The molecule has 4 amide bonds. The molecular weight excluding hydrogens is 388 g/mol. The van der Waals surface area contributed by atoms with Crippen molar-refractivity contribution in [1.29, 1.82) is 0 Å². The Morgan fingerprint density at radius 1 is 1.42 bits per heavy atom. The van der Waals surface area contributed by atoms with Crippen LogP contribution in [0, 0.1) is 0 Å². The van der Waals surface area contributed by atoms with Crippen LogP contribution in [0.15, 0.2) is 17.5 Å². The maximum absolute atomic E-state index is 12.6. The van der Waals surface area contributed by atoms with Crippen LogP contribution in [0.5, 0.6) is 0 Å². The van der Waals surface area contributed by atoms with Gasteiger partial charge >= 0.3 is 16.4 Å². The molecule has 2 bridgehead atoms. The molecule has 0 unspecified atom stereocenters. The molecule has 13 heteroatoms. The van der Waals surface area contributed by atoms with Gasteiger partial charge in [-0.3, -0.25) is 14.1 Å². The zero-order chi connectivity index (χ0) is 19.1. The van der Waals surface area contributed by atoms with Crippen LogP contribution >= 0.6 is 11.3 Å². The van der Waals surface area contributed by atoms with Crippen LogP contribution in [0.4, 0.5) is 4.79 Å². The van der Waals surface area contributed by atoms with Gasteiger partial charge in [0.25, 0.3) is 5.91 Å². The van der Waals surface area contributed by atoms with Gasteiger partial charge < -0.3 is 4.90 Å². The van der Waals surface area contributed by atoms with Gasteiger partial charge in [-0.15, -0.1) is 15.6 Å². The van der Waals surface area contributed by atoms with Crippen molar-refractivity contribution >= 4 is 39.6 Å². The van der Waals surface area contributed by atoms with Gasteiger partial charge in [-0.05, 0) is 24.3 Å². The first-order chi connectivity index (χ1) is 12.2. The number of nitrogens with two attached hydrogens (primary N) is 1. The number of hydrogen-bond donors (Lipinski definition) is 2. The number of carbonyl (C=O) groups is 3. The molecule has 142 valence electrons. The Balaban J connectivity index is 1.69. The molecule has 0 radical (unpaired) electrons. The number of rotatable bonds is 5. The minimum atomic E-state index is -4.87. The van der Waals surface area contributed by atoms with Gasteiger partial charge in [-0.25, -0.2) is 15.6 Å². The van der Waals surface area contributed by atoms with E-state index in [1.54, 1.807) is 17.5 Å². The summed E-state index contributed by atoms with van der Waals surface area (Å²) < 4.78 is 34.8. The van der Waals surface area contributed by atoms with Gasteiger partial charge in [-0.1, -0.05) is 6.07 Å². The first kappa shape index (κ1) is 18.7. The van der Waals surface area contributed by atoms with E-state index in [4.69, 9.17) is 10.4 Å². The molecule has 2 aliphatic heterocycles. The van der Waals surface area contributed by atoms with Gasteiger partial charge in [0.15, 0.2) is 0 Å². The van der Waals surface area contributed by atoms with Crippen molar-refractivity contribution in [3.63, 3.8) is 0 Å². The topological polar surface area (TPSA) is 151 Å². The minimum absolute atomic E-state index is 0.0255. The normalized spacial score (nSPS) is 22.6. The highest BCUT2D eigenvalue weighted by Crippen LogP contribution is 2.31. The smallest absolute Gasteiger partial charge is 0.309 e. The summed E-state index contributed by atoms with van der Waals surface area (Å²) >= 11 is 1.35.